The van der Waals surface area contributed by atoms with Crippen LogP contribution in [0.25, 0.3) is 5.69 Å². The maximum Gasteiger partial charge on any atom is 0.310 e. The number of carbonyl (C=O) groups is 1. The molecule has 106 valence electrons. The van der Waals surface area contributed by atoms with Crippen molar-refractivity contribution in [3.63, 3.8) is 0 Å². The smallest absolute Gasteiger partial charge is 0.310 e. The summed E-state index contributed by atoms with van der Waals surface area (Å²) < 4.78 is 1.85. The highest BCUT2D eigenvalue weighted by atomic mass is 16.4. The molecule has 0 radical (unpaired) electrons. The molecule has 0 saturated heterocycles. The fourth-order valence-electron chi connectivity index (χ4n) is 2.68. The predicted octanol–water partition coefficient (Wildman–Crippen LogP) is 3.29. The number of hydrogen-bond donors (Lipinski definition) is 1. The molecule has 20 heavy (non-hydrogen) atoms. The molecule has 2 aromatic rings. The third-order valence-electron chi connectivity index (χ3n) is 3.73. The number of aryl methyl sites for hydroxylation is 3. The molecule has 1 N–H and O–H groups in total. The maximum atomic E-state index is 11.2. The highest BCUT2D eigenvalue weighted by Gasteiger charge is 2.23. The minimum atomic E-state index is -0.823. The number of rotatable bonds is 3. The van der Waals surface area contributed by atoms with Gasteiger partial charge in [0.05, 0.1) is 17.3 Å². The van der Waals surface area contributed by atoms with Crippen LogP contribution in [0.3, 0.4) is 0 Å². The van der Waals surface area contributed by atoms with E-state index in [4.69, 9.17) is 0 Å². The lowest BCUT2D eigenvalue weighted by molar-refractivity contribution is -0.138. The summed E-state index contributed by atoms with van der Waals surface area (Å²) in [6.45, 7) is 9.58. The van der Waals surface area contributed by atoms with Crippen LogP contribution < -0.4 is 0 Å². The van der Waals surface area contributed by atoms with Gasteiger partial charge in [0.2, 0.25) is 0 Å². The third kappa shape index (κ3) is 2.33. The van der Waals surface area contributed by atoms with Gasteiger partial charge in [0.25, 0.3) is 0 Å². The van der Waals surface area contributed by atoms with Crippen molar-refractivity contribution >= 4 is 5.97 Å². The number of carboxylic acid groups (broad SMARTS) is 1. The van der Waals surface area contributed by atoms with Gasteiger partial charge >= 0.3 is 5.97 Å². The van der Waals surface area contributed by atoms with Crippen LogP contribution in [0.15, 0.2) is 18.2 Å². The van der Waals surface area contributed by atoms with Gasteiger partial charge in [-0.05, 0) is 46.2 Å². The SMILES string of the molecule is Cc1ccc(-n2nc(C)c(C(C)C(=O)O)c2C)c(C)c1. The fraction of sp³-hybridized carbons (Fsp3) is 0.375. The summed E-state index contributed by atoms with van der Waals surface area (Å²) in [5.41, 5.74) is 5.80. The molecule has 0 aliphatic carbocycles. The van der Waals surface area contributed by atoms with E-state index < -0.39 is 11.9 Å². The van der Waals surface area contributed by atoms with E-state index in [1.807, 2.05) is 37.6 Å². The Bertz CT molecular complexity index is 671. The summed E-state index contributed by atoms with van der Waals surface area (Å²) in [6.07, 6.45) is 0. The van der Waals surface area contributed by atoms with E-state index in [0.29, 0.717) is 0 Å². The van der Waals surface area contributed by atoms with Gasteiger partial charge in [0.1, 0.15) is 0 Å². The quantitative estimate of drug-likeness (QED) is 0.932. The Kier molecular flexibility index (Phi) is 3.66. The van der Waals surface area contributed by atoms with E-state index in [0.717, 1.165) is 28.2 Å². The Morgan fingerprint density at radius 3 is 2.45 bits per heavy atom. The van der Waals surface area contributed by atoms with Gasteiger partial charge in [0, 0.05) is 11.3 Å². The van der Waals surface area contributed by atoms with Crippen LogP contribution in [-0.2, 0) is 4.79 Å². The monoisotopic (exact) mass is 272 g/mol. The van der Waals surface area contributed by atoms with Gasteiger partial charge in [-0.3, -0.25) is 4.79 Å². The first kappa shape index (κ1) is 14.3. The number of hydrogen-bond acceptors (Lipinski definition) is 2. The zero-order valence-electron chi connectivity index (χ0n) is 12.6. The van der Waals surface area contributed by atoms with Crippen LogP contribution in [0.1, 0.15) is 40.9 Å². The third-order valence-corrected chi connectivity index (χ3v) is 3.73. The van der Waals surface area contributed by atoms with E-state index in [-0.39, 0.29) is 0 Å². The molecule has 4 nitrogen and oxygen atoms in total. The fourth-order valence-corrected chi connectivity index (χ4v) is 2.68. The highest BCUT2D eigenvalue weighted by Crippen LogP contribution is 2.27. The van der Waals surface area contributed by atoms with Crippen molar-refractivity contribution in [2.75, 3.05) is 0 Å². The highest BCUT2D eigenvalue weighted by molar-refractivity contribution is 5.76. The number of carboxylic acids is 1. The lowest BCUT2D eigenvalue weighted by Crippen LogP contribution is -2.10. The Balaban J connectivity index is 2.60. The average Bonchev–Trinajstić information content (AvgIpc) is 2.64. The topological polar surface area (TPSA) is 55.1 Å². The van der Waals surface area contributed by atoms with Crippen LogP contribution >= 0.6 is 0 Å². The summed E-state index contributed by atoms with van der Waals surface area (Å²) in [5.74, 6) is -1.37. The molecular weight excluding hydrogens is 252 g/mol. The average molecular weight is 272 g/mol. The molecule has 0 spiro atoms. The van der Waals surface area contributed by atoms with Gasteiger partial charge in [-0.15, -0.1) is 0 Å². The van der Waals surface area contributed by atoms with Gasteiger partial charge in [-0.25, -0.2) is 4.68 Å². The molecule has 1 atom stereocenters. The van der Waals surface area contributed by atoms with Crippen LogP contribution in [0.2, 0.25) is 0 Å². The second kappa shape index (κ2) is 5.12. The van der Waals surface area contributed by atoms with Crippen molar-refractivity contribution in [2.24, 2.45) is 0 Å². The van der Waals surface area contributed by atoms with Crippen molar-refractivity contribution in [3.05, 3.63) is 46.3 Å². The number of benzene rings is 1. The van der Waals surface area contributed by atoms with E-state index in [2.05, 4.69) is 18.1 Å². The molecule has 4 heteroatoms. The summed E-state index contributed by atoms with van der Waals surface area (Å²) >= 11 is 0. The maximum absolute atomic E-state index is 11.2. The van der Waals surface area contributed by atoms with Crippen molar-refractivity contribution in [3.8, 4) is 5.69 Å². The Hall–Kier alpha value is -2.10. The van der Waals surface area contributed by atoms with Gasteiger partial charge in [-0.2, -0.15) is 5.10 Å². The van der Waals surface area contributed by atoms with Crippen molar-refractivity contribution in [2.45, 2.75) is 40.5 Å². The standard InChI is InChI=1S/C16H20N2O2/c1-9-6-7-14(10(2)8-9)18-13(5)15(12(4)17-18)11(3)16(19)20/h6-8,11H,1-5H3,(H,19,20). The van der Waals surface area contributed by atoms with Crippen LogP contribution in [0.5, 0.6) is 0 Å². The molecule has 0 saturated carbocycles. The minimum Gasteiger partial charge on any atom is -0.481 e. The minimum absolute atomic E-state index is 0.547. The molecule has 1 aromatic carbocycles. The van der Waals surface area contributed by atoms with E-state index in [1.54, 1.807) is 6.92 Å². The molecule has 0 bridgehead atoms. The Morgan fingerprint density at radius 1 is 1.25 bits per heavy atom. The first-order valence-corrected chi connectivity index (χ1v) is 6.69. The zero-order chi connectivity index (χ0) is 15.0. The Labute approximate surface area is 119 Å². The van der Waals surface area contributed by atoms with E-state index in [1.165, 1.54) is 5.56 Å². The first-order chi connectivity index (χ1) is 9.32. The zero-order valence-corrected chi connectivity index (χ0v) is 12.6. The normalized spacial score (nSPS) is 12.4. The number of nitrogens with zero attached hydrogens (tertiary/aromatic N) is 2. The van der Waals surface area contributed by atoms with Crippen molar-refractivity contribution in [1.82, 2.24) is 9.78 Å². The molecule has 0 aliphatic rings. The van der Waals surface area contributed by atoms with Gasteiger partial charge < -0.3 is 5.11 Å². The molecule has 0 fully saturated rings. The molecule has 1 aromatic heterocycles. The predicted molar refractivity (Wildman–Crippen MR) is 78.6 cm³/mol. The molecule has 1 heterocycles. The van der Waals surface area contributed by atoms with Gasteiger partial charge in [0.15, 0.2) is 0 Å². The summed E-state index contributed by atoms with van der Waals surface area (Å²) in [5, 5.41) is 13.7. The molecular formula is C16H20N2O2. The van der Waals surface area contributed by atoms with Crippen molar-refractivity contribution < 1.29 is 9.90 Å². The molecule has 2 rings (SSSR count). The summed E-state index contributed by atoms with van der Waals surface area (Å²) in [6, 6.07) is 6.17. The lowest BCUT2D eigenvalue weighted by atomic mass is 9.99. The lowest BCUT2D eigenvalue weighted by Gasteiger charge is -2.11. The largest absolute Gasteiger partial charge is 0.481 e. The second-order valence-electron chi connectivity index (χ2n) is 5.35. The van der Waals surface area contributed by atoms with Gasteiger partial charge in [-0.1, -0.05) is 17.7 Å². The number of aromatic nitrogens is 2. The summed E-state index contributed by atoms with van der Waals surface area (Å²) in [7, 11) is 0. The summed E-state index contributed by atoms with van der Waals surface area (Å²) in [4.78, 5) is 11.2. The Morgan fingerprint density at radius 2 is 1.90 bits per heavy atom. The van der Waals surface area contributed by atoms with E-state index >= 15 is 0 Å². The number of aliphatic carboxylic acids is 1. The second-order valence-corrected chi connectivity index (χ2v) is 5.35. The first-order valence-electron chi connectivity index (χ1n) is 6.69. The molecule has 0 aliphatic heterocycles. The van der Waals surface area contributed by atoms with Crippen LogP contribution in [0, 0.1) is 27.7 Å². The molecule has 1 unspecified atom stereocenters. The van der Waals surface area contributed by atoms with E-state index in [9.17, 15) is 9.90 Å². The van der Waals surface area contributed by atoms with Crippen LogP contribution in [0.4, 0.5) is 0 Å². The van der Waals surface area contributed by atoms with Crippen LogP contribution in [-0.4, -0.2) is 20.9 Å². The van der Waals surface area contributed by atoms with Crippen molar-refractivity contribution in [1.29, 1.82) is 0 Å². The molecule has 0 amide bonds.